The number of carbonyl (C=O) groups is 1. The van der Waals surface area contributed by atoms with Crippen molar-refractivity contribution in [2.24, 2.45) is 5.73 Å². The van der Waals surface area contributed by atoms with E-state index >= 15 is 0 Å². The molecule has 110 valence electrons. The number of halogens is 2. The van der Waals surface area contributed by atoms with Crippen LogP contribution in [-0.4, -0.2) is 5.91 Å². The number of hydrogen-bond donors (Lipinski definition) is 1. The zero-order valence-electron chi connectivity index (χ0n) is 11.5. The first-order valence-electron chi connectivity index (χ1n) is 6.44. The molecule has 2 rings (SSSR count). The zero-order chi connectivity index (χ0) is 16.1. The Balaban J connectivity index is 2.30. The van der Waals surface area contributed by atoms with Gasteiger partial charge in [0.25, 0.3) is 5.91 Å². The second kappa shape index (κ2) is 7.13. The topological polar surface area (TPSA) is 66.9 Å². The Morgan fingerprint density at radius 1 is 1.14 bits per heavy atom. The summed E-state index contributed by atoms with van der Waals surface area (Å²) in [5.41, 5.74) is 7.51. The summed E-state index contributed by atoms with van der Waals surface area (Å²) in [4.78, 5) is 11.0. The van der Waals surface area contributed by atoms with Gasteiger partial charge in [-0.3, -0.25) is 4.79 Å². The van der Waals surface area contributed by atoms with Gasteiger partial charge >= 0.3 is 0 Å². The lowest BCUT2D eigenvalue weighted by molar-refractivity contribution is -0.114. The molecule has 0 spiro atoms. The van der Waals surface area contributed by atoms with Gasteiger partial charge < -0.3 is 5.73 Å². The van der Waals surface area contributed by atoms with Gasteiger partial charge in [-0.05, 0) is 34.9 Å². The maximum absolute atomic E-state index is 11.0. The summed E-state index contributed by atoms with van der Waals surface area (Å²) < 4.78 is 0. The monoisotopic (exact) mass is 330 g/mol. The normalized spacial score (nSPS) is 11.0. The third-order valence-corrected chi connectivity index (χ3v) is 3.83. The Kier molecular flexibility index (Phi) is 5.21. The Hall–Kier alpha value is -2.28. The molecule has 2 aromatic carbocycles. The molecule has 0 radical (unpaired) electrons. The summed E-state index contributed by atoms with van der Waals surface area (Å²) in [6.45, 7) is 0. The first-order valence-corrected chi connectivity index (χ1v) is 7.20. The standard InChI is InChI=1S/C17H12Cl2N2O/c18-15-4-2-1-3-12(15)9-13-6-5-11(8-16(13)19)7-14(10-20)17(21)22/h1-8H,9H2,(H2,21,22)/b14-7+. The number of primary amides is 1. The lowest BCUT2D eigenvalue weighted by Crippen LogP contribution is -2.12. The first-order chi connectivity index (χ1) is 10.5. The predicted octanol–water partition coefficient (Wildman–Crippen LogP) is 3.98. The van der Waals surface area contributed by atoms with Crippen LogP contribution in [0.1, 0.15) is 16.7 Å². The molecule has 0 aliphatic rings. The van der Waals surface area contributed by atoms with Gasteiger partial charge in [0.2, 0.25) is 0 Å². The van der Waals surface area contributed by atoms with Crippen LogP contribution in [0.5, 0.6) is 0 Å². The van der Waals surface area contributed by atoms with Crippen molar-refractivity contribution in [1.29, 1.82) is 5.26 Å². The minimum absolute atomic E-state index is 0.116. The molecule has 0 heterocycles. The minimum atomic E-state index is -0.765. The van der Waals surface area contributed by atoms with Gasteiger partial charge in [-0.1, -0.05) is 53.5 Å². The molecule has 2 N–H and O–H groups in total. The minimum Gasteiger partial charge on any atom is -0.365 e. The zero-order valence-corrected chi connectivity index (χ0v) is 13.0. The predicted molar refractivity (Wildman–Crippen MR) is 88.5 cm³/mol. The highest BCUT2D eigenvalue weighted by atomic mass is 35.5. The summed E-state index contributed by atoms with van der Waals surface area (Å²) in [5.74, 6) is -0.765. The highest BCUT2D eigenvalue weighted by molar-refractivity contribution is 6.32. The molecule has 0 aromatic heterocycles. The van der Waals surface area contributed by atoms with Gasteiger partial charge in [0.1, 0.15) is 11.6 Å². The van der Waals surface area contributed by atoms with E-state index in [0.29, 0.717) is 22.0 Å². The fourth-order valence-corrected chi connectivity index (χ4v) is 2.43. The number of rotatable bonds is 4. The molecule has 0 aliphatic carbocycles. The highest BCUT2D eigenvalue weighted by Gasteiger charge is 2.07. The quantitative estimate of drug-likeness (QED) is 0.680. The molecule has 0 atom stereocenters. The first kappa shape index (κ1) is 16.1. The Morgan fingerprint density at radius 3 is 2.41 bits per heavy atom. The molecule has 5 heteroatoms. The second-order valence-electron chi connectivity index (χ2n) is 4.65. The third-order valence-electron chi connectivity index (χ3n) is 3.11. The van der Waals surface area contributed by atoms with Crippen LogP contribution in [0.3, 0.4) is 0 Å². The number of nitriles is 1. The maximum atomic E-state index is 11.0. The van der Waals surface area contributed by atoms with Crippen LogP contribution < -0.4 is 5.73 Å². The molecule has 3 nitrogen and oxygen atoms in total. The van der Waals surface area contributed by atoms with Crippen molar-refractivity contribution in [1.82, 2.24) is 0 Å². The molecular formula is C17H12Cl2N2O. The van der Waals surface area contributed by atoms with Crippen LogP contribution in [0.2, 0.25) is 10.0 Å². The Morgan fingerprint density at radius 2 is 1.82 bits per heavy atom. The average molecular weight is 331 g/mol. The molecule has 0 fully saturated rings. The molecule has 0 saturated heterocycles. The van der Waals surface area contributed by atoms with E-state index in [0.717, 1.165) is 11.1 Å². The molecule has 1 amide bonds. The van der Waals surface area contributed by atoms with Crippen molar-refractivity contribution in [2.45, 2.75) is 6.42 Å². The van der Waals surface area contributed by atoms with E-state index in [1.165, 1.54) is 6.08 Å². The van der Waals surface area contributed by atoms with Crippen LogP contribution in [0.4, 0.5) is 0 Å². The average Bonchev–Trinajstić information content (AvgIpc) is 2.49. The van der Waals surface area contributed by atoms with Crippen molar-refractivity contribution >= 4 is 35.2 Å². The smallest absolute Gasteiger partial charge is 0.259 e. The molecular weight excluding hydrogens is 319 g/mol. The largest absolute Gasteiger partial charge is 0.365 e. The SMILES string of the molecule is N#C/C(=C\c1ccc(Cc2ccccc2Cl)c(Cl)c1)C(N)=O. The van der Waals surface area contributed by atoms with Gasteiger partial charge in [-0.2, -0.15) is 5.26 Å². The summed E-state index contributed by atoms with van der Waals surface area (Å²) in [6, 6.07) is 14.6. The van der Waals surface area contributed by atoms with Crippen molar-refractivity contribution in [2.75, 3.05) is 0 Å². The van der Waals surface area contributed by atoms with Gasteiger partial charge in [0, 0.05) is 16.5 Å². The number of carbonyl (C=O) groups excluding carboxylic acids is 1. The molecule has 0 saturated carbocycles. The summed E-state index contributed by atoms with van der Waals surface area (Å²) in [7, 11) is 0. The van der Waals surface area contributed by atoms with Crippen molar-refractivity contribution < 1.29 is 4.79 Å². The van der Waals surface area contributed by atoms with Gasteiger partial charge in [-0.25, -0.2) is 0 Å². The molecule has 0 unspecified atom stereocenters. The Bertz CT molecular complexity index is 791. The lowest BCUT2D eigenvalue weighted by atomic mass is 10.0. The number of nitrogens with zero attached hydrogens (tertiary/aromatic N) is 1. The fourth-order valence-electron chi connectivity index (χ4n) is 1.97. The van der Waals surface area contributed by atoms with E-state index in [9.17, 15) is 4.79 Å². The van der Waals surface area contributed by atoms with Crippen LogP contribution in [0.15, 0.2) is 48.0 Å². The van der Waals surface area contributed by atoms with E-state index in [4.69, 9.17) is 34.2 Å². The summed E-state index contributed by atoms with van der Waals surface area (Å²) >= 11 is 12.4. The molecule has 0 bridgehead atoms. The molecule has 2 aromatic rings. The van der Waals surface area contributed by atoms with E-state index in [1.54, 1.807) is 18.2 Å². The van der Waals surface area contributed by atoms with Crippen molar-refractivity contribution in [3.05, 3.63) is 74.8 Å². The third kappa shape index (κ3) is 3.88. The van der Waals surface area contributed by atoms with Crippen LogP contribution in [0.25, 0.3) is 6.08 Å². The second-order valence-corrected chi connectivity index (χ2v) is 5.47. The molecule has 0 aliphatic heterocycles. The van der Waals surface area contributed by atoms with E-state index in [2.05, 4.69) is 0 Å². The van der Waals surface area contributed by atoms with Gasteiger partial charge in [0.15, 0.2) is 0 Å². The van der Waals surface area contributed by atoms with E-state index < -0.39 is 5.91 Å². The lowest BCUT2D eigenvalue weighted by Gasteiger charge is -2.07. The summed E-state index contributed by atoms with van der Waals surface area (Å²) in [5, 5.41) is 10.1. The number of nitrogens with two attached hydrogens (primary N) is 1. The van der Waals surface area contributed by atoms with E-state index in [-0.39, 0.29) is 5.57 Å². The number of hydrogen-bond acceptors (Lipinski definition) is 2. The van der Waals surface area contributed by atoms with Crippen molar-refractivity contribution in [3.63, 3.8) is 0 Å². The maximum Gasteiger partial charge on any atom is 0.259 e. The van der Waals surface area contributed by atoms with Crippen molar-refractivity contribution in [3.8, 4) is 6.07 Å². The van der Waals surface area contributed by atoms with Crippen LogP contribution in [0, 0.1) is 11.3 Å². The molecule has 22 heavy (non-hydrogen) atoms. The van der Waals surface area contributed by atoms with Gasteiger partial charge in [-0.15, -0.1) is 0 Å². The van der Waals surface area contributed by atoms with Crippen LogP contribution in [-0.2, 0) is 11.2 Å². The Labute approximate surface area is 138 Å². The fraction of sp³-hybridized carbons (Fsp3) is 0.0588. The number of amides is 1. The summed E-state index contributed by atoms with van der Waals surface area (Å²) in [6.07, 6.45) is 2.01. The van der Waals surface area contributed by atoms with E-state index in [1.807, 2.05) is 30.3 Å². The highest BCUT2D eigenvalue weighted by Crippen LogP contribution is 2.25. The van der Waals surface area contributed by atoms with Crippen LogP contribution >= 0.6 is 23.2 Å². The number of benzene rings is 2. The van der Waals surface area contributed by atoms with Gasteiger partial charge in [0.05, 0.1) is 0 Å².